The molecule has 0 radical (unpaired) electrons. The van der Waals surface area contributed by atoms with Crippen molar-refractivity contribution in [3.63, 3.8) is 0 Å². The van der Waals surface area contributed by atoms with Crippen molar-refractivity contribution in [2.75, 3.05) is 31.1 Å². The smallest absolute Gasteiger partial charge is 0.414 e. The molecule has 0 N–H and O–H groups in total. The summed E-state index contributed by atoms with van der Waals surface area (Å²) in [6.07, 6.45) is -1.27. The first-order valence-corrected chi connectivity index (χ1v) is 8.30. The number of ether oxygens (including phenoxy) is 2. The van der Waals surface area contributed by atoms with Crippen LogP contribution in [0.3, 0.4) is 0 Å². The summed E-state index contributed by atoms with van der Waals surface area (Å²) >= 11 is 0. The van der Waals surface area contributed by atoms with Crippen LogP contribution in [-0.2, 0) is 19.5 Å². The lowest BCUT2D eigenvalue weighted by Gasteiger charge is -2.37. The highest BCUT2D eigenvalue weighted by Gasteiger charge is 2.38. The molecule has 1 aromatic rings. The van der Waals surface area contributed by atoms with E-state index in [1.807, 2.05) is 0 Å². The fourth-order valence-electron chi connectivity index (χ4n) is 2.40. The normalized spacial score (nSPS) is 20.0. The highest BCUT2D eigenvalue weighted by atomic mass is 32.2. The van der Waals surface area contributed by atoms with Crippen molar-refractivity contribution in [2.45, 2.75) is 17.6 Å². The molecule has 0 aromatic heterocycles. The molecule has 2 aliphatic heterocycles. The van der Waals surface area contributed by atoms with E-state index < -0.39 is 28.8 Å². The number of rotatable bonds is 5. The van der Waals surface area contributed by atoms with Gasteiger partial charge >= 0.3 is 12.7 Å². The third-order valence-electron chi connectivity index (χ3n) is 3.66. The number of alkyl halides is 2. The Hall–Kier alpha value is -1.78. The monoisotopic (exact) mass is 348 g/mol. The summed E-state index contributed by atoms with van der Waals surface area (Å²) in [4.78, 5) is 12.9. The zero-order valence-corrected chi connectivity index (χ0v) is 12.7. The SMILES string of the molecule is O=C1OCCN1c1ccc(S(=O)(=O)N2CC(OC(F)F)C2)cc1. The molecule has 2 heterocycles. The van der Waals surface area contributed by atoms with Crippen LogP contribution >= 0.6 is 0 Å². The largest absolute Gasteiger partial charge is 0.447 e. The Labute approximate surface area is 131 Å². The van der Waals surface area contributed by atoms with Crippen LogP contribution in [0.5, 0.6) is 0 Å². The van der Waals surface area contributed by atoms with E-state index in [0.29, 0.717) is 12.2 Å². The van der Waals surface area contributed by atoms with Crippen LogP contribution in [0, 0.1) is 0 Å². The molecule has 23 heavy (non-hydrogen) atoms. The van der Waals surface area contributed by atoms with Gasteiger partial charge in [0.05, 0.1) is 17.5 Å². The van der Waals surface area contributed by atoms with Gasteiger partial charge in [0.1, 0.15) is 6.61 Å². The number of sulfonamides is 1. The van der Waals surface area contributed by atoms with Crippen LogP contribution in [0.25, 0.3) is 0 Å². The first-order chi connectivity index (χ1) is 10.9. The summed E-state index contributed by atoms with van der Waals surface area (Å²) in [7, 11) is -3.75. The molecule has 10 heteroatoms. The molecular formula is C13H14F2N2O5S. The minimum absolute atomic E-state index is 0.0318. The van der Waals surface area contributed by atoms with E-state index >= 15 is 0 Å². The van der Waals surface area contributed by atoms with Gasteiger partial charge in [-0.3, -0.25) is 4.90 Å². The van der Waals surface area contributed by atoms with Gasteiger partial charge in [-0.1, -0.05) is 0 Å². The molecule has 126 valence electrons. The molecule has 2 fully saturated rings. The number of hydrogen-bond acceptors (Lipinski definition) is 5. The van der Waals surface area contributed by atoms with Crippen LogP contribution in [0.15, 0.2) is 29.2 Å². The third-order valence-corrected chi connectivity index (χ3v) is 5.50. The van der Waals surface area contributed by atoms with Crippen molar-refractivity contribution in [2.24, 2.45) is 0 Å². The van der Waals surface area contributed by atoms with Crippen LogP contribution in [0.1, 0.15) is 0 Å². The number of benzene rings is 1. The number of cyclic esters (lactones) is 1. The number of nitrogens with zero attached hydrogens (tertiary/aromatic N) is 2. The molecule has 0 bridgehead atoms. The van der Waals surface area contributed by atoms with Gasteiger partial charge in [-0.15, -0.1) is 0 Å². The van der Waals surface area contributed by atoms with Gasteiger partial charge in [0.25, 0.3) is 0 Å². The first-order valence-electron chi connectivity index (χ1n) is 6.86. The average Bonchev–Trinajstić information content (AvgIpc) is 2.88. The molecule has 1 aromatic carbocycles. The molecule has 1 amide bonds. The maximum atomic E-state index is 12.3. The van der Waals surface area contributed by atoms with Crippen LogP contribution in [0.2, 0.25) is 0 Å². The van der Waals surface area contributed by atoms with Gasteiger partial charge < -0.3 is 9.47 Å². The van der Waals surface area contributed by atoms with Crippen molar-refractivity contribution >= 4 is 21.8 Å². The number of hydrogen-bond donors (Lipinski definition) is 0. The summed E-state index contributed by atoms with van der Waals surface area (Å²) in [6, 6.07) is 5.76. The van der Waals surface area contributed by atoms with E-state index in [0.717, 1.165) is 4.31 Å². The maximum absolute atomic E-state index is 12.3. The van der Waals surface area contributed by atoms with Crippen LogP contribution < -0.4 is 4.90 Å². The summed E-state index contributed by atoms with van der Waals surface area (Å²) < 4.78 is 58.9. The Morgan fingerprint density at radius 1 is 1.22 bits per heavy atom. The van der Waals surface area contributed by atoms with Crippen molar-refractivity contribution in [3.8, 4) is 0 Å². The second kappa shape index (κ2) is 6.02. The second-order valence-corrected chi connectivity index (χ2v) is 7.04. The summed E-state index contributed by atoms with van der Waals surface area (Å²) in [6.45, 7) is -2.42. The average molecular weight is 348 g/mol. The number of halogens is 2. The fraction of sp³-hybridized carbons (Fsp3) is 0.462. The van der Waals surface area contributed by atoms with E-state index in [9.17, 15) is 22.0 Å². The number of carbonyl (C=O) groups is 1. The Balaban J connectivity index is 1.68. The zero-order chi connectivity index (χ0) is 16.6. The van der Waals surface area contributed by atoms with Gasteiger partial charge in [0.2, 0.25) is 10.0 Å². The Kier molecular flexibility index (Phi) is 4.21. The van der Waals surface area contributed by atoms with Gasteiger partial charge in [0.15, 0.2) is 0 Å². The highest BCUT2D eigenvalue weighted by molar-refractivity contribution is 7.89. The highest BCUT2D eigenvalue weighted by Crippen LogP contribution is 2.26. The Bertz CT molecular complexity index is 689. The lowest BCUT2D eigenvalue weighted by molar-refractivity contribution is -0.185. The molecule has 0 unspecified atom stereocenters. The van der Waals surface area contributed by atoms with E-state index in [1.54, 1.807) is 0 Å². The predicted octanol–water partition coefficient (Wildman–Crippen LogP) is 1.26. The van der Waals surface area contributed by atoms with Crippen LogP contribution in [0.4, 0.5) is 19.3 Å². The topological polar surface area (TPSA) is 76.2 Å². The molecule has 0 atom stereocenters. The predicted molar refractivity (Wildman–Crippen MR) is 74.8 cm³/mol. The third kappa shape index (κ3) is 3.14. The van der Waals surface area contributed by atoms with Crippen molar-refractivity contribution in [1.29, 1.82) is 0 Å². The van der Waals surface area contributed by atoms with E-state index in [-0.39, 0.29) is 24.6 Å². The summed E-state index contributed by atoms with van der Waals surface area (Å²) in [5, 5.41) is 0. The summed E-state index contributed by atoms with van der Waals surface area (Å²) in [5.41, 5.74) is 0.536. The number of carbonyl (C=O) groups excluding carboxylic acids is 1. The van der Waals surface area contributed by atoms with Crippen molar-refractivity contribution < 1.29 is 31.5 Å². The van der Waals surface area contributed by atoms with Crippen molar-refractivity contribution in [1.82, 2.24) is 4.31 Å². The molecule has 7 nitrogen and oxygen atoms in total. The molecule has 0 saturated carbocycles. The van der Waals surface area contributed by atoms with E-state index in [1.165, 1.54) is 29.2 Å². The van der Waals surface area contributed by atoms with Gasteiger partial charge in [-0.05, 0) is 24.3 Å². The summed E-state index contributed by atoms with van der Waals surface area (Å²) in [5.74, 6) is 0. The Morgan fingerprint density at radius 3 is 2.39 bits per heavy atom. The zero-order valence-electron chi connectivity index (χ0n) is 11.9. The second-order valence-electron chi connectivity index (χ2n) is 5.10. The minimum atomic E-state index is -3.75. The van der Waals surface area contributed by atoms with Crippen LogP contribution in [-0.4, -0.2) is 57.8 Å². The van der Waals surface area contributed by atoms with E-state index in [4.69, 9.17) is 4.74 Å². The van der Waals surface area contributed by atoms with E-state index in [2.05, 4.69) is 4.74 Å². The standard InChI is InChI=1S/C13H14F2N2O5S/c14-12(15)22-10-7-16(8-10)23(19,20)11-3-1-9(2-4-11)17-5-6-21-13(17)18/h1-4,10,12H,5-8H2. The molecule has 2 aliphatic rings. The lowest BCUT2D eigenvalue weighted by atomic mass is 10.2. The molecule has 0 spiro atoms. The van der Waals surface area contributed by atoms with Crippen molar-refractivity contribution in [3.05, 3.63) is 24.3 Å². The maximum Gasteiger partial charge on any atom is 0.414 e. The number of anilines is 1. The lowest BCUT2D eigenvalue weighted by Crippen LogP contribution is -2.55. The number of amides is 1. The molecule has 2 saturated heterocycles. The van der Waals surface area contributed by atoms with Gasteiger partial charge in [-0.25, -0.2) is 13.2 Å². The van der Waals surface area contributed by atoms with Gasteiger partial charge in [0, 0.05) is 18.8 Å². The fourth-order valence-corrected chi connectivity index (χ4v) is 3.91. The molecular weight excluding hydrogens is 334 g/mol. The van der Waals surface area contributed by atoms with Gasteiger partial charge in [-0.2, -0.15) is 13.1 Å². The quantitative estimate of drug-likeness (QED) is 0.801. The molecule has 0 aliphatic carbocycles. The minimum Gasteiger partial charge on any atom is -0.447 e. The Morgan fingerprint density at radius 2 is 1.87 bits per heavy atom. The first kappa shape index (κ1) is 16.1. The molecule has 3 rings (SSSR count).